The SMILES string of the molecule is N#Cc1cc(Br)cc(NCCCN)c1. The quantitative estimate of drug-likeness (QED) is 0.808. The maximum Gasteiger partial charge on any atom is 0.0992 e. The monoisotopic (exact) mass is 253 g/mol. The molecule has 0 atom stereocenters. The molecule has 0 heterocycles. The predicted molar refractivity (Wildman–Crippen MR) is 61.0 cm³/mol. The van der Waals surface area contributed by atoms with E-state index in [0.29, 0.717) is 12.1 Å². The third kappa shape index (κ3) is 3.36. The fourth-order valence-corrected chi connectivity index (χ4v) is 1.58. The number of nitrogens with one attached hydrogen (secondary N) is 1. The number of anilines is 1. The highest BCUT2D eigenvalue weighted by atomic mass is 79.9. The van der Waals surface area contributed by atoms with Crippen LogP contribution in [0.15, 0.2) is 22.7 Å². The van der Waals surface area contributed by atoms with E-state index in [0.717, 1.165) is 23.1 Å². The summed E-state index contributed by atoms with van der Waals surface area (Å²) in [6.45, 7) is 1.50. The largest absolute Gasteiger partial charge is 0.385 e. The minimum Gasteiger partial charge on any atom is -0.385 e. The number of hydrogen-bond acceptors (Lipinski definition) is 3. The van der Waals surface area contributed by atoms with Crippen molar-refractivity contribution in [3.8, 4) is 6.07 Å². The minimum absolute atomic E-state index is 0.648. The zero-order chi connectivity index (χ0) is 10.4. The van der Waals surface area contributed by atoms with E-state index in [2.05, 4.69) is 27.3 Å². The Balaban J connectivity index is 2.68. The first kappa shape index (κ1) is 11.0. The van der Waals surface area contributed by atoms with Gasteiger partial charge in [0.05, 0.1) is 11.6 Å². The summed E-state index contributed by atoms with van der Waals surface area (Å²) < 4.78 is 0.909. The zero-order valence-corrected chi connectivity index (χ0v) is 9.34. The van der Waals surface area contributed by atoms with Crippen LogP contribution in [0.4, 0.5) is 5.69 Å². The van der Waals surface area contributed by atoms with Crippen LogP contribution in [-0.2, 0) is 0 Å². The summed E-state index contributed by atoms with van der Waals surface area (Å²) in [7, 11) is 0. The van der Waals surface area contributed by atoms with Crippen LogP contribution >= 0.6 is 15.9 Å². The molecule has 0 amide bonds. The van der Waals surface area contributed by atoms with Crippen LogP contribution in [0.25, 0.3) is 0 Å². The van der Waals surface area contributed by atoms with Gasteiger partial charge in [0.1, 0.15) is 0 Å². The van der Waals surface area contributed by atoms with Crippen LogP contribution in [0.5, 0.6) is 0 Å². The van der Waals surface area contributed by atoms with E-state index in [-0.39, 0.29) is 0 Å². The average molecular weight is 254 g/mol. The fraction of sp³-hybridized carbons (Fsp3) is 0.300. The van der Waals surface area contributed by atoms with Crippen molar-refractivity contribution in [2.24, 2.45) is 5.73 Å². The van der Waals surface area contributed by atoms with Gasteiger partial charge in [-0.05, 0) is 31.2 Å². The molecule has 3 N–H and O–H groups in total. The molecule has 0 aromatic heterocycles. The Morgan fingerprint density at radius 1 is 1.43 bits per heavy atom. The molecule has 0 spiro atoms. The van der Waals surface area contributed by atoms with E-state index in [4.69, 9.17) is 11.0 Å². The molecule has 74 valence electrons. The van der Waals surface area contributed by atoms with Gasteiger partial charge in [-0.25, -0.2) is 0 Å². The fourth-order valence-electron chi connectivity index (χ4n) is 1.09. The molecule has 0 aliphatic carbocycles. The van der Waals surface area contributed by atoms with Gasteiger partial charge in [0.2, 0.25) is 0 Å². The molecule has 1 rings (SSSR count). The molecule has 4 heteroatoms. The molecule has 0 fully saturated rings. The smallest absolute Gasteiger partial charge is 0.0992 e. The van der Waals surface area contributed by atoms with Gasteiger partial charge in [-0.2, -0.15) is 5.26 Å². The van der Waals surface area contributed by atoms with Crippen LogP contribution in [0.2, 0.25) is 0 Å². The Labute approximate surface area is 92.0 Å². The zero-order valence-electron chi connectivity index (χ0n) is 7.76. The molecule has 14 heavy (non-hydrogen) atoms. The molecule has 1 aromatic rings. The maximum atomic E-state index is 8.74. The van der Waals surface area contributed by atoms with Crippen molar-refractivity contribution in [2.45, 2.75) is 6.42 Å². The number of nitrogens with two attached hydrogens (primary N) is 1. The number of hydrogen-bond donors (Lipinski definition) is 2. The first-order chi connectivity index (χ1) is 6.76. The first-order valence-corrected chi connectivity index (χ1v) is 5.20. The Bertz CT molecular complexity index is 344. The first-order valence-electron chi connectivity index (χ1n) is 4.41. The van der Waals surface area contributed by atoms with E-state index in [9.17, 15) is 0 Å². The number of nitrogens with zero attached hydrogens (tertiary/aromatic N) is 1. The lowest BCUT2D eigenvalue weighted by Crippen LogP contribution is -2.08. The topological polar surface area (TPSA) is 61.8 Å². The molecule has 0 aliphatic rings. The third-order valence-corrected chi connectivity index (χ3v) is 2.19. The van der Waals surface area contributed by atoms with Crippen molar-refractivity contribution >= 4 is 21.6 Å². The summed E-state index contributed by atoms with van der Waals surface area (Å²) in [5, 5.41) is 11.9. The second kappa shape index (κ2) is 5.63. The van der Waals surface area contributed by atoms with E-state index in [1.54, 1.807) is 6.07 Å². The summed E-state index contributed by atoms with van der Waals surface area (Å²) in [4.78, 5) is 0. The normalized spacial score (nSPS) is 9.50. The summed E-state index contributed by atoms with van der Waals surface area (Å²) in [6.07, 6.45) is 0.925. The van der Waals surface area contributed by atoms with Gasteiger partial charge in [-0.1, -0.05) is 15.9 Å². The van der Waals surface area contributed by atoms with E-state index < -0.39 is 0 Å². The third-order valence-electron chi connectivity index (χ3n) is 1.74. The Kier molecular flexibility index (Phi) is 4.44. The predicted octanol–water partition coefficient (Wildman–Crippen LogP) is 2.08. The molecule has 0 aliphatic heterocycles. The molecule has 0 saturated heterocycles. The highest BCUT2D eigenvalue weighted by Gasteiger charge is 1.97. The lowest BCUT2D eigenvalue weighted by atomic mass is 10.2. The highest BCUT2D eigenvalue weighted by molar-refractivity contribution is 9.10. The minimum atomic E-state index is 0.648. The summed E-state index contributed by atoms with van der Waals surface area (Å²) >= 11 is 3.35. The second-order valence-corrected chi connectivity index (χ2v) is 3.83. The summed E-state index contributed by atoms with van der Waals surface area (Å²) in [5.41, 5.74) is 6.97. The molecule has 0 saturated carbocycles. The Morgan fingerprint density at radius 2 is 2.21 bits per heavy atom. The molecule has 1 aromatic carbocycles. The van der Waals surface area contributed by atoms with Gasteiger partial charge in [0.15, 0.2) is 0 Å². The standard InChI is InChI=1S/C10H12BrN3/c11-9-4-8(7-13)5-10(6-9)14-3-1-2-12/h4-6,14H,1-3,12H2. The lowest BCUT2D eigenvalue weighted by Gasteiger charge is -2.06. The molecule has 0 bridgehead atoms. The van der Waals surface area contributed by atoms with Crippen LogP contribution in [0.3, 0.4) is 0 Å². The molecule has 0 radical (unpaired) electrons. The number of benzene rings is 1. The van der Waals surface area contributed by atoms with Crippen molar-refractivity contribution < 1.29 is 0 Å². The van der Waals surface area contributed by atoms with Crippen molar-refractivity contribution in [1.29, 1.82) is 5.26 Å². The Hall–Kier alpha value is -1.05. The second-order valence-electron chi connectivity index (χ2n) is 2.91. The Morgan fingerprint density at radius 3 is 2.86 bits per heavy atom. The molecule has 3 nitrogen and oxygen atoms in total. The van der Waals surface area contributed by atoms with Crippen molar-refractivity contribution in [1.82, 2.24) is 0 Å². The number of nitriles is 1. The van der Waals surface area contributed by atoms with Crippen molar-refractivity contribution in [3.05, 3.63) is 28.2 Å². The highest BCUT2D eigenvalue weighted by Crippen LogP contribution is 2.18. The van der Waals surface area contributed by atoms with Gasteiger partial charge in [-0.15, -0.1) is 0 Å². The van der Waals surface area contributed by atoms with E-state index >= 15 is 0 Å². The average Bonchev–Trinajstić information content (AvgIpc) is 2.17. The molecular formula is C10H12BrN3. The van der Waals surface area contributed by atoms with E-state index in [1.165, 1.54) is 0 Å². The number of halogens is 1. The van der Waals surface area contributed by atoms with Crippen LogP contribution in [0, 0.1) is 11.3 Å². The van der Waals surface area contributed by atoms with E-state index in [1.807, 2.05) is 12.1 Å². The van der Waals surface area contributed by atoms with Crippen LogP contribution in [-0.4, -0.2) is 13.1 Å². The van der Waals surface area contributed by atoms with Crippen molar-refractivity contribution in [3.63, 3.8) is 0 Å². The van der Waals surface area contributed by atoms with Crippen LogP contribution < -0.4 is 11.1 Å². The summed E-state index contributed by atoms with van der Waals surface area (Å²) in [5.74, 6) is 0. The number of rotatable bonds is 4. The van der Waals surface area contributed by atoms with Crippen molar-refractivity contribution in [2.75, 3.05) is 18.4 Å². The molecular weight excluding hydrogens is 242 g/mol. The van der Waals surface area contributed by atoms with Gasteiger partial charge in [0.25, 0.3) is 0 Å². The lowest BCUT2D eigenvalue weighted by molar-refractivity contribution is 0.874. The van der Waals surface area contributed by atoms with Gasteiger partial charge >= 0.3 is 0 Å². The van der Waals surface area contributed by atoms with Gasteiger partial charge in [-0.3, -0.25) is 0 Å². The maximum absolute atomic E-state index is 8.74. The summed E-state index contributed by atoms with van der Waals surface area (Å²) in [6, 6.07) is 7.65. The molecule has 0 unspecified atom stereocenters. The van der Waals surface area contributed by atoms with Gasteiger partial charge < -0.3 is 11.1 Å². The van der Waals surface area contributed by atoms with Crippen LogP contribution in [0.1, 0.15) is 12.0 Å². The van der Waals surface area contributed by atoms with Gasteiger partial charge in [0, 0.05) is 16.7 Å².